The zero-order valence-electron chi connectivity index (χ0n) is 11.1. The zero-order valence-corrected chi connectivity index (χ0v) is 13.4. The summed E-state index contributed by atoms with van der Waals surface area (Å²) in [5.41, 5.74) is 1.32. The summed E-state index contributed by atoms with van der Waals surface area (Å²) in [6.07, 6.45) is 1.70. The molecule has 18 heavy (non-hydrogen) atoms. The van der Waals surface area contributed by atoms with Crippen LogP contribution < -0.4 is 0 Å². The Morgan fingerprint density at radius 1 is 1.17 bits per heavy atom. The van der Waals surface area contributed by atoms with E-state index < -0.39 is 0 Å². The molecule has 3 heteroatoms. The van der Waals surface area contributed by atoms with Crippen LogP contribution in [-0.2, 0) is 11.2 Å². The zero-order chi connectivity index (χ0) is 13.3. The highest BCUT2D eigenvalue weighted by molar-refractivity contribution is 9.09. The summed E-state index contributed by atoms with van der Waals surface area (Å²) in [5, 5.41) is 0.796. The molecule has 0 bridgehead atoms. The molecule has 1 aromatic rings. The number of hydrogen-bond acceptors (Lipinski definition) is 1. The molecule has 1 aromatic carbocycles. The van der Waals surface area contributed by atoms with Gasteiger partial charge in [0.05, 0.1) is 12.2 Å². The minimum atomic E-state index is 0.326. The monoisotopic (exact) mass is 330 g/mol. The van der Waals surface area contributed by atoms with Gasteiger partial charge in [0, 0.05) is 15.8 Å². The van der Waals surface area contributed by atoms with Crippen molar-refractivity contribution in [3.05, 3.63) is 34.9 Å². The number of hydrogen-bond donors (Lipinski definition) is 0. The first-order valence-corrected chi connectivity index (χ1v) is 7.82. The average molecular weight is 332 g/mol. The molecular weight excluding hydrogens is 312 g/mol. The molecule has 1 fully saturated rings. The van der Waals surface area contributed by atoms with Crippen LogP contribution in [0.15, 0.2) is 24.3 Å². The number of benzene rings is 1. The lowest BCUT2D eigenvalue weighted by atomic mass is 9.85. The quantitative estimate of drug-likeness (QED) is 0.729. The van der Waals surface area contributed by atoms with Gasteiger partial charge in [-0.2, -0.15) is 0 Å². The molecule has 0 amide bonds. The van der Waals surface area contributed by atoms with Crippen LogP contribution in [0.4, 0.5) is 0 Å². The molecule has 1 aliphatic heterocycles. The van der Waals surface area contributed by atoms with E-state index in [0.29, 0.717) is 28.9 Å². The fraction of sp³-hybridized carbons (Fsp3) is 0.600. The first-order valence-electron chi connectivity index (χ1n) is 6.53. The van der Waals surface area contributed by atoms with Crippen molar-refractivity contribution in [2.24, 2.45) is 11.8 Å². The van der Waals surface area contributed by atoms with E-state index in [1.165, 1.54) is 5.56 Å². The van der Waals surface area contributed by atoms with Gasteiger partial charge in [-0.15, -0.1) is 0 Å². The fourth-order valence-corrected chi connectivity index (χ4v) is 4.31. The second-order valence-corrected chi connectivity index (χ2v) is 6.94. The van der Waals surface area contributed by atoms with Gasteiger partial charge >= 0.3 is 0 Å². The molecule has 0 saturated carbocycles. The molecule has 100 valence electrons. The average Bonchev–Trinajstić information content (AvgIpc) is 2.56. The van der Waals surface area contributed by atoms with Crippen molar-refractivity contribution in [1.29, 1.82) is 0 Å². The standard InChI is InChI=1S/C15H20BrClO/c1-9-10(2)18-11(3)15(9)14(16)8-12-4-6-13(17)7-5-12/h4-7,9-11,14-15H,8H2,1-3H3. The number of halogens is 2. The maximum Gasteiger partial charge on any atom is 0.0593 e. The normalized spacial score (nSPS) is 33.6. The second kappa shape index (κ2) is 5.94. The van der Waals surface area contributed by atoms with Crippen molar-refractivity contribution in [2.75, 3.05) is 0 Å². The van der Waals surface area contributed by atoms with Crippen LogP contribution in [0.25, 0.3) is 0 Å². The third kappa shape index (κ3) is 3.09. The van der Waals surface area contributed by atoms with E-state index in [9.17, 15) is 0 Å². The molecule has 1 heterocycles. The molecule has 2 rings (SSSR count). The molecule has 1 aliphatic rings. The number of rotatable bonds is 3. The molecule has 5 atom stereocenters. The predicted molar refractivity (Wildman–Crippen MR) is 80.5 cm³/mol. The van der Waals surface area contributed by atoms with E-state index in [1.54, 1.807) is 0 Å². The molecule has 5 unspecified atom stereocenters. The Hall–Kier alpha value is -0.0500. The summed E-state index contributed by atoms with van der Waals surface area (Å²) in [4.78, 5) is 0.452. The molecular formula is C15H20BrClO. The van der Waals surface area contributed by atoms with Crippen molar-refractivity contribution < 1.29 is 4.74 Å². The van der Waals surface area contributed by atoms with Crippen LogP contribution in [-0.4, -0.2) is 17.0 Å². The maximum absolute atomic E-state index is 5.91. The Labute approximate surface area is 123 Å². The van der Waals surface area contributed by atoms with Crippen molar-refractivity contribution in [3.8, 4) is 0 Å². The fourth-order valence-electron chi connectivity index (χ4n) is 2.90. The molecule has 0 N–H and O–H groups in total. The van der Waals surface area contributed by atoms with Crippen LogP contribution in [0.5, 0.6) is 0 Å². The third-order valence-corrected chi connectivity index (χ3v) is 5.27. The summed E-state index contributed by atoms with van der Waals surface area (Å²) < 4.78 is 5.91. The van der Waals surface area contributed by atoms with E-state index in [-0.39, 0.29) is 0 Å². The number of alkyl halides is 1. The first-order chi connectivity index (χ1) is 8.49. The Bertz CT molecular complexity index is 392. The summed E-state index contributed by atoms with van der Waals surface area (Å²) >= 11 is 9.76. The van der Waals surface area contributed by atoms with Gasteiger partial charge in [-0.1, -0.05) is 46.6 Å². The molecule has 0 radical (unpaired) electrons. The topological polar surface area (TPSA) is 9.23 Å². The minimum absolute atomic E-state index is 0.326. The Morgan fingerprint density at radius 3 is 2.28 bits per heavy atom. The highest BCUT2D eigenvalue weighted by Crippen LogP contribution is 2.38. The van der Waals surface area contributed by atoms with Crippen molar-refractivity contribution in [1.82, 2.24) is 0 Å². The van der Waals surface area contributed by atoms with E-state index >= 15 is 0 Å². The van der Waals surface area contributed by atoms with Crippen molar-refractivity contribution in [3.63, 3.8) is 0 Å². The van der Waals surface area contributed by atoms with E-state index in [2.05, 4.69) is 48.8 Å². The summed E-state index contributed by atoms with van der Waals surface area (Å²) in [5.74, 6) is 1.16. The smallest absolute Gasteiger partial charge is 0.0593 e. The van der Waals surface area contributed by atoms with Gasteiger partial charge in [0.15, 0.2) is 0 Å². The predicted octanol–water partition coefficient (Wildman–Crippen LogP) is 4.71. The van der Waals surface area contributed by atoms with E-state index in [1.807, 2.05) is 12.1 Å². The van der Waals surface area contributed by atoms with Crippen LogP contribution in [0.3, 0.4) is 0 Å². The van der Waals surface area contributed by atoms with E-state index in [4.69, 9.17) is 16.3 Å². The Kier molecular flexibility index (Phi) is 4.74. The second-order valence-electron chi connectivity index (χ2n) is 5.33. The van der Waals surface area contributed by atoms with Crippen molar-refractivity contribution in [2.45, 2.75) is 44.2 Å². The highest BCUT2D eigenvalue weighted by atomic mass is 79.9. The van der Waals surface area contributed by atoms with Crippen LogP contribution in [0.2, 0.25) is 5.02 Å². The number of ether oxygens (including phenoxy) is 1. The lowest BCUT2D eigenvalue weighted by Crippen LogP contribution is -2.28. The van der Waals surface area contributed by atoms with Crippen LogP contribution >= 0.6 is 27.5 Å². The highest BCUT2D eigenvalue weighted by Gasteiger charge is 2.40. The van der Waals surface area contributed by atoms with Gasteiger partial charge < -0.3 is 4.74 Å². The van der Waals surface area contributed by atoms with Gasteiger partial charge in [-0.05, 0) is 43.9 Å². The van der Waals surface area contributed by atoms with Gasteiger partial charge in [0.25, 0.3) is 0 Å². The maximum atomic E-state index is 5.91. The Morgan fingerprint density at radius 2 is 1.78 bits per heavy atom. The summed E-state index contributed by atoms with van der Waals surface area (Å²) in [6, 6.07) is 8.12. The minimum Gasteiger partial charge on any atom is -0.375 e. The molecule has 0 spiro atoms. The van der Waals surface area contributed by atoms with Gasteiger partial charge in [-0.3, -0.25) is 0 Å². The SMILES string of the molecule is CC1OC(C)C(C(Br)Cc2ccc(Cl)cc2)C1C. The van der Waals surface area contributed by atoms with E-state index in [0.717, 1.165) is 11.4 Å². The summed E-state index contributed by atoms with van der Waals surface area (Å²) in [6.45, 7) is 6.64. The first kappa shape index (κ1) is 14.4. The van der Waals surface area contributed by atoms with Gasteiger partial charge in [0.1, 0.15) is 0 Å². The lowest BCUT2D eigenvalue weighted by Gasteiger charge is -2.24. The van der Waals surface area contributed by atoms with Crippen molar-refractivity contribution >= 4 is 27.5 Å². The Balaban J connectivity index is 2.03. The van der Waals surface area contributed by atoms with Crippen LogP contribution in [0, 0.1) is 11.8 Å². The van der Waals surface area contributed by atoms with Gasteiger partial charge in [0.2, 0.25) is 0 Å². The van der Waals surface area contributed by atoms with Gasteiger partial charge in [-0.25, -0.2) is 0 Å². The molecule has 0 aliphatic carbocycles. The lowest BCUT2D eigenvalue weighted by molar-refractivity contribution is 0.0511. The molecule has 0 aromatic heterocycles. The third-order valence-electron chi connectivity index (χ3n) is 4.08. The largest absolute Gasteiger partial charge is 0.375 e. The molecule has 1 nitrogen and oxygen atoms in total. The van der Waals surface area contributed by atoms with Crippen LogP contribution in [0.1, 0.15) is 26.3 Å². The summed E-state index contributed by atoms with van der Waals surface area (Å²) in [7, 11) is 0. The molecule has 1 saturated heterocycles.